The average molecular weight is 291 g/mol. The lowest BCUT2D eigenvalue weighted by atomic mass is 9.97. The van der Waals surface area contributed by atoms with Crippen LogP contribution in [0, 0.1) is 5.92 Å². The zero-order valence-electron chi connectivity index (χ0n) is 12.9. The molecule has 1 saturated heterocycles. The second kappa shape index (κ2) is 7.31. The molecule has 0 bridgehead atoms. The van der Waals surface area contributed by atoms with Crippen molar-refractivity contribution in [2.24, 2.45) is 5.92 Å². The van der Waals surface area contributed by atoms with Gasteiger partial charge in [0.2, 0.25) is 0 Å². The quantitative estimate of drug-likeness (QED) is 0.643. The van der Waals surface area contributed by atoms with Crippen LogP contribution in [0.25, 0.3) is 0 Å². The summed E-state index contributed by atoms with van der Waals surface area (Å²) in [6, 6.07) is 5.44. The first-order valence-corrected chi connectivity index (χ1v) is 7.59. The van der Waals surface area contributed by atoms with E-state index in [4.69, 9.17) is 10.5 Å². The Morgan fingerprint density at radius 1 is 1.43 bits per heavy atom. The van der Waals surface area contributed by atoms with Crippen LogP contribution >= 0.6 is 0 Å². The summed E-state index contributed by atoms with van der Waals surface area (Å²) in [4.78, 5) is 14.2. The number of ether oxygens (including phenoxy) is 1. The fourth-order valence-corrected chi connectivity index (χ4v) is 2.58. The molecule has 0 unspecified atom stereocenters. The van der Waals surface area contributed by atoms with Crippen molar-refractivity contribution in [3.05, 3.63) is 23.8 Å². The van der Waals surface area contributed by atoms with Crippen molar-refractivity contribution < 1.29 is 9.53 Å². The fourth-order valence-electron chi connectivity index (χ4n) is 2.58. The molecule has 1 fully saturated rings. The molecule has 1 aliphatic rings. The highest BCUT2D eigenvalue weighted by atomic mass is 16.5. The van der Waals surface area contributed by atoms with Gasteiger partial charge in [-0.1, -0.05) is 0 Å². The average Bonchev–Trinajstić information content (AvgIpc) is 2.48. The minimum atomic E-state index is -0.363. The number of likely N-dealkylation sites (tertiary alicyclic amines) is 1. The van der Waals surface area contributed by atoms with Crippen LogP contribution in [0.2, 0.25) is 0 Å². The molecule has 0 amide bonds. The summed E-state index contributed by atoms with van der Waals surface area (Å²) < 4.78 is 5.02. The van der Waals surface area contributed by atoms with Gasteiger partial charge in [0.15, 0.2) is 0 Å². The van der Waals surface area contributed by atoms with Gasteiger partial charge < -0.3 is 20.7 Å². The number of hydrogen-bond donors (Lipinski definition) is 2. The summed E-state index contributed by atoms with van der Waals surface area (Å²) in [5.41, 5.74) is 7.66. The Bertz CT molecular complexity index is 482. The first-order valence-electron chi connectivity index (χ1n) is 7.59. The molecule has 116 valence electrons. The lowest BCUT2D eigenvalue weighted by Gasteiger charge is -2.29. The lowest BCUT2D eigenvalue weighted by Crippen LogP contribution is -2.32. The molecule has 1 aromatic rings. The van der Waals surface area contributed by atoms with Gasteiger partial charge in [0.25, 0.3) is 0 Å². The summed E-state index contributed by atoms with van der Waals surface area (Å²) in [5, 5.41) is 3.41. The lowest BCUT2D eigenvalue weighted by molar-refractivity contribution is 0.0527. The SMILES string of the molecule is CCOC(=O)c1cc(NCC2CCN(C)CC2)ccc1N. The predicted octanol–water partition coefficient (Wildman–Crippen LogP) is 2.20. The molecule has 0 spiro atoms. The number of anilines is 2. The maximum Gasteiger partial charge on any atom is 0.340 e. The van der Waals surface area contributed by atoms with Crippen LogP contribution in [0.5, 0.6) is 0 Å². The normalized spacial score (nSPS) is 16.7. The van der Waals surface area contributed by atoms with E-state index < -0.39 is 0 Å². The van der Waals surface area contributed by atoms with Crippen LogP contribution in [0.15, 0.2) is 18.2 Å². The van der Waals surface area contributed by atoms with E-state index in [1.165, 1.54) is 12.8 Å². The van der Waals surface area contributed by atoms with Gasteiger partial charge in [-0.25, -0.2) is 4.79 Å². The Kier molecular flexibility index (Phi) is 5.44. The Morgan fingerprint density at radius 2 is 2.14 bits per heavy atom. The van der Waals surface area contributed by atoms with Crippen LogP contribution in [-0.2, 0) is 4.74 Å². The molecule has 2 rings (SSSR count). The van der Waals surface area contributed by atoms with Crippen molar-refractivity contribution in [3.8, 4) is 0 Å². The number of nitrogen functional groups attached to an aromatic ring is 1. The second-order valence-corrected chi connectivity index (χ2v) is 5.65. The van der Waals surface area contributed by atoms with Gasteiger partial charge in [-0.2, -0.15) is 0 Å². The largest absolute Gasteiger partial charge is 0.462 e. The molecular weight excluding hydrogens is 266 g/mol. The van der Waals surface area contributed by atoms with Crippen LogP contribution in [0.4, 0.5) is 11.4 Å². The maximum atomic E-state index is 11.8. The Hall–Kier alpha value is -1.75. The standard InChI is InChI=1S/C16H25N3O2/c1-3-21-16(20)14-10-13(4-5-15(14)17)18-11-12-6-8-19(2)9-7-12/h4-5,10,12,18H,3,6-9,11,17H2,1-2H3. The zero-order chi connectivity index (χ0) is 15.2. The summed E-state index contributed by atoms with van der Waals surface area (Å²) in [7, 11) is 2.16. The highest BCUT2D eigenvalue weighted by Gasteiger charge is 2.17. The molecule has 1 aromatic carbocycles. The van der Waals surface area contributed by atoms with E-state index >= 15 is 0 Å². The van der Waals surface area contributed by atoms with E-state index in [-0.39, 0.29) is 5.97 Å². The third-order valence-corrected chi connectivity index (χ3v) is 3.98. The molecular formula is C16H25N3O2. The van der Waals surface area contributed by atoms with Crippen molar-refractivity contribution in [2.75, 3.05) is 44.3 Å². The zero-order valence-corrected chi connectivity index (χ0v) is 12.9. The molecule has 3 N–H and O–H groups in total. The number of hydrogen-bond acceptors (Lipinski definition) is 5. The second-order valence-electron chi connectivity index (χ2n) is 5.65. The van der Waals surface area contributed by atoms with Gasteiger partial charge in [0, 0.05) is 17.9 Å². The molecule has 5 nitrogen and oxygen atoms in total. The van der Waals surface area contributed by atoms with Crippen molar-refractivity contribution in [1.29, 1.82) is 0 Å². The number of carbonyl (C=O) groups is 1. The van der Waals surface area contributed by atoms with Crippen LogP contribution in [0.3, 0.4) is 0 Å². The van der Waals surface area contributed by atoms with E-state index in [1.807, 2.05) is 6.07 Å². The van der Waals surface area contributed by atoms with Crippen molar-refractivity contribution in [2.45, 2.75) is 19.8 Å². The molecule has 0 aliphatic carbocycles. The number of rotatable bonds is 5. The van der Waals surface area contributed by atoms with Gasteiger partial charge in [0.1, 0.15) is 0 Å². The van der Waals surface area contributed by atoms with Gasteiger partial charge >= 0.3 is 5.97 Å². The van der Waals surface area contributed by atoms with Crippen molar-refractivity contribution in [1.82, 2.24) is 4.90 Å². The number of nitrogens with one attached hydrogen (secondary N) is 1. The summed E-state index contributed by atoms with van der Waals surface area (Å²) in [6.07, 6.45) is 2.42. The number of piperidine rings is 1. The van der Waals surface area contributed by atoms with E-state index in [0.717, 1.165) is 25.3 Å². The van der Waals surface area contributed by atoms with E-state index in [9.17, 15) is 4.79 Å². The Morgan fingerprint density at radius 3 is 2.81 bits per heavy atom. The van der Waals surface area contributed by atoms with Gasteiger partial charge in [-0.3, -0.25) is 0 Å². The third-order valence-electron chi connectivity index (χ3n) is 3.98. The van der Waals surface area contributed by atoms with Gasteiger partial charge in [-0.15, -0.1) is 0 Å². The molecule has 0 atom stereocenters. The fraction of sp³-hybridized carbons (Fsp3) is 0.562. The van der Waals surface area contributed by atoms with Crippen LogP contribution in [-0.4, -0.2) is 44.2 Å². The molecule has 1 aliphatic heterocycles. The Labute approximate surface area is 126 Å². The maximum absolute atomic E-state index is 11.8. The topological polar surface area (TPSA) is 67.6 Å². The van der Waals surface area contributed by atoms with Crippen molar-refractivity contribution >= 4 is 17.3 Å². The summed E-state index contributed by atoms with van der Waals surface area (Å²) in [5.74, 6) is 0.322. The third kappa shape index (κ3) is 4.36. The Balaban J connectivity index is 1.94. The van der Waals surface area contributed by atoms with E-state index in [2.05, 4.69) is 17.3 Å². The number of benzene rings is 1. The molecule has 5 heteroatoms. The number of nitrogens with zero attached hydrogens (tertiary/aromatic N) is 1. The number of esters is 1. The summed E-state index contributed by atoms with van der Waals surface area (Å²) >= 11 is 0. The van der Waals surface area contributed by atoms with Crippen LogP contribution in [0.1, 0.15) is 30.1 Å². The molecule has 0 radical (unpaired) electrons. The van der Waals surface area contributed by atoms with E-state index in [1.54, 1.807) is 19.1 Å². The summed E-state index contributed by atoms with van der Waals surface area (Å²) in [6.45, 7) is 5.38. The molecule has 21 heavy (non-hydrogen) atoms. The predicted molar refractivity (Wildman–Crippen MR) is 85.5 cm³/mol. The number of nitrogens with two attached hydrogens (primary N) is 1. The smallest absolute Gasteiger partial charge is 0.340 e. The van der Waals surface area contributed by atoms with Gasteiger partial charge in [-0.05, 0) is 64.0 Å². The number of carbonyl (C=O) groups excluding carboxylic acids is 1. The first-order chi connectivity index (χ1) is 10.1. The van der Waals surface area contributed by atoms with Gasteiger partial charge in [0.05, 0.1) is 12.2 Å². The molecule has 0 aromatic heterocycles. The minimum Gasteiger partial charge on any atom is -0.462 e. The van der Waals surface area contributed by atoms with Crippen molar-refractivity contribution in [3.63, 3.8) is 0 Å². The first kappa shape index (κ1) is 15.6. The van der Waals surface area contributed by atoms with E-state index in [0.29, 0.717) is 23.8 Å². The highest BCUT2D eigenvalue weighted by Crippen LogP contribution is 2.21. The highest BCUT2D eigenvalue weighted by molar-refractivity contribution is 5.96. The molecule has 0 saturated carbocycles. The monoisotopic (exact) mass is 291 g/mol. The van der Waals surface area contributed by atoms with Crippen LogP contribution < -0.4 is 11.1 Å². The molecule has 1 heterocycles. The minimum absolute atomic E-state index is 0.353.